The molecule has 150 valence electrons. The fraction of sp³-hybridized carbons (Fsp3) is 0.125. The van der Waals surface area contributed by atoms with Crippen LogP contribution in [0.1, 0.15) is 17.5 Å². The normalized spacial score (nSPS) is 13.3. The van der Waals surface area contributed by atoms with Crippen molar-refractivity contribution >= 4 is 44.8 Å². The maximum Gasteiger partial charge on any atom is 0.240 e. The zero-order valence-electron chi connectivity index (χ0n) is 16.2. The smallest absolute Gasteiger partial charge is 0.240 e. The summed E-state index contributed by atoms with van der Waals surface area (Å²) in [6, 6.07) is 24.8. The van der Waals surface area contributed by atoms with E-state index >= 15 is 0 Å². The van der Waals surface area contributed by atoms with Gasteiger partial charge < -0.3 is 10.2 Å². The van der Waals surface area contributed by atoms with E-state index in [9.17, 15) is 9.59 Å². The zero-order chi connectivity index (χ0) is 20.9. The molecule has 3 aromatic carbocycles. The summed E-state index contributed by atoms with van der Waals surface area (Å²) in [5.41, 5.74) is 3.90. The number of aliphatic imine (C=N–C) groups is 1. The summed E-state index contributed by atoms with van der Waals surface area (Å²) in [4.78, 5) is 32.0. The van der Waals surface area contributed by atoms with Crippen molar-refractivity contribution in [2.24, 2.45) is 4.99 Å². The van der Waals surface area contributed by atoms with E-state index in [0.29, 0.717) is 23.6 Å². The van der Waals surface area contributed by atoms with Gasteiger partial charge in [0.05, 0.1) is 23.5 Å². The summed E-state index contributed by atoms with van der Waals surface area (Å²) in [6.07, 6.45) is 0.135. The van der Waals surface area contributed by atoms with Crippen molar-refractivity contribution < 1.29 is 9.59 Å². The number of benzene rings is 3. The largest absolute Gasteiger partial charge is 0.350 e. The Morgan fingerprint density at radius 1 is 0.967 bits per heavy atom. The van der Waals surface area contributed by atoms with E-state index in [4.69, 9.17) is 4.99 Å². The number of fused-ring (bicyclic) bond motifs is 1. The fourth-order valence-corrected chi connectivity index (χ4v) is 3.78. The van der Waals surface area contributed by atoms with E-state index in [1.54, 1.807) is 0 Å². The van der Waals surface area contributed by atoms with Gasteiger partial charge in [0, 0.05) is 11.0 Å². The Morgan fingerprint density at radius 3 is 2.47 bits per heavy atom. The number of carbonyl (C=O) groups excluding carboxylic acids is 2. The van der Waals surface area contributed by atoms with Gasteiger partial charge in [0.25, 0.3) is 0 Å². The Morgan fingerprint density at radius 2 is 1.67 bits per heavy atom. The number of halogens is 1. The van der Waals surface area contributed by atoms with Crippen molar-refractivity contribution in [3.63, 3.8) is 0 Å². The minimum absolute atomic E-state index is 0.0576. The Hall–Kier alpha value is -3.25. The lowest BCUT2D eigenvalue weighted by Crippen LogP contribution is -2.41. The lowest BCUT2D eigenvalue weighted by atomic mass is 10.1. The molecule has 0 aliphatic carbocycles. The molecule has 4 rings (SSSR count). The molecule has 0 saturated heterocycles. The van der Waals surface area contributed by atoms with Crippen LogP contribution in [0.5, 0.6) is 0 Å². The molecule has 0 radical (unpaired) electrons. The molecule has 0 spiro atoms. The molecular weight excluding hydrogens is 442 g/mol. The van der Waals surface area contributed by atoms with Gasteiger partial charge >= 0.3 is 0 Å². The van der Waals surface area contributed by atoms with Crippen molar-refractivity contribution in [3.8, 4) is 0 Å². The van der Waals surface area contributed by atoms with Crippen molar-refractivity contribution in [1.82, 2.24) is 5.32 Å². The highest BCUT2D eigenvalue weighted by Crippen LogP contribution is 2.32. The fourth-order valence-electron chi connectivity index (χ4n) is 3.35. The standard InChI is InChI=1S/C24H20BrN3O2/c25-19-11-5-4-10-18(19)15-26-23(29)16-28-22-13-7-6-12-20(22)27-21(14-24(28)30)17-8-2-1-3-9-17/h1-13H,14-16H2,(H,26,29). The topological polar surface area (TPSA) is 61.8 Å². The lowest BCUT2D eigenvalue weighted by molar-refractivity contribution is -0.123. The maximum atomic E-state index is 13.1. The van der Waals surface area contributed by atoms with Crippen LogP contribution < -0.4 is 10.2 Å². The molecule has 0 atom stereocenters. The van der Waals surface area contributed by atoms with E-state index in [2.05, 4.69) is 21.2 Å². The van der Waals surface area contributed by atoms with Crippen LogP contribution in [0.15, 0.2) is 88.3 Å². The molecule has 0 unspecified atom stereocenters. The number of hydrogen-bond acceptors (Lipinski definition) is 3. The SMILES string of the molecule is O=C(CN1C(=O)CC(c2ccccc2)=Nc2ccccc21)NCc1ccccc1Br. The van der Waals surface area contributed by atoms with Gasteiger partial charge in [-0.3, -0.25) is 14.6 Å². The number of para-hydroxylation sites is 2. The third-order valence-corrected chi connectivity index (χ3v) is 5.66. The number of anilines is 1. The highest BCUT2D eigenvalue weighted by Gasteiger charge is 2.26. The number of amides is 2. The first-order valence-electron chi connectivity index (χ1n) is 9.64. The third-order valence-electron chi connectivity index (χ3n) is 4.89. The van der Waals surface area contributed by atoms with Crippen molar-refractivity contribution in [3.05, 3.63) is 94.5 Å². The summed E-state index contributed by atoms with van der Waals surface area (Å²) < 4.78 is 0.933. The van der Waals surface area contributed by atoms with Crippen LogP contribution in [0.4, 0.5) is 11.4 Å². The molecule has 1 N–H and O–H groups in total. The van der Waals surface area contributed by atoms with Gasteiger partial charge in [-0.1, -0.05) is 76.6 Å². The van der Waals surface area contributed by atoms with Crippen molar-refractivity contribution in [1.29, 1.82) is 0 Å². The summed E-state index contributed by atoms with van der Waals surface area (Å²) in [6.45, 7) is 0.327. The summed E-state index contributed by atoms with van der Waals surface area (Å²) in [5, 5.41) is 2.90. The molecule has 1 aliphatic heterocycles. The molecule has 3 aromatic rings. The number of carbonyl (C=O) groups is 2. The van der Waals surface area contributed by atoms with Crippen LogP contribution in [0.2, 0.25) is 0 Å². The molecule has 0 bridgehead atoms. The quantitative estimate of drug-likeness (QED) is 0.602. The Balaban J connectivity index is 1.54. The van der Waals surface area contributed by atoms with Crippen LogP contribution in [0, 0.1) is 0 Å². The Kier molecular flexibility index (Phi) is 6.05. The predicted octanol–water partition coefficient (Wildman–Crippen LogP) is 4.62. The van der Waals surface area contributed by atoms with Crippen molar-refractivity contribution in [2.45, 2.75) is 13.0 Å². The van der Waals surface area contributed by atoms with Gasteiger partial charge in [-0.15, -0.1) is 0 Å². The molecule has 0 fully saturated rings. The van der Waals surface area contributed by atoms with Crippen LogP contribution in [0.3, 0.4) is 0 Å². The Labute approximate surface area is 183 Å². The molecular formula is C24H20BrN3O2. The average molecular weight is 462 g/mol. The molecule has 0 saturated carbocycles. The second-order valence-corrected chi connectivity index (χ2v) is 7.79. The lowest BCUT2D eigenvalue weighted by Gasteiger charge is -2.22. The van der Waals surface area contributed by atoms with Crippen LogP contribution in [-0.2, 0) is 16.1 Å². The van der Waals surface area contributed by atoms with E-state index in [1.165, 1.54) is 4.90 Å². The van der Waals surface area contributed by atoms with E-state index in [-0.39, 0.29) is 24.8 Å². The second kappa shape index (κ2) is 9.05. The molecule has 1 aliphatic rings. The summed E-state index contributed by atoms with van der Waals surface area (Å²) in [5.74, 6) is -0.379. The van der Waals surface area contributed by atoms with Crippen molar-refractivity contribution in [2.75, 3.05) is 11.4 Å². The van der Waals surface area contributed by atoms with Crippen LogP contribution in [-0.4, -0.2) is 24.1 Å². The van der Waals surface area contributed by atoms with E-state index in [1.807, 2.05) is 78.9 Å². The first kappa shape index (κ1) is 20.0. The highest BCUT2D eigenvalue weighted by molar-refractivity contribution is 9.10. The summed E-state index contributed by atoms with van der Waals surface area (Å²) >= 11 is 3.48. The minimum Gasteiger partial charge on any atom is -0.350 e. The van der Waals surface area contributed by atoms with E-state index < -0.39 is 0 Å². The molecule has 5 nitrogen and oxygen atoms in total. The van der Waals surface area contributed by atoms with Crippen LogP contribution >= 0.6 is 15.9 Å². The average Bonchev–Trinajstić information content (AvgIpc) is 2.90. The molecule has 1 heterocycles. The van der Waals surface area contributed by atoms with Gasteiger partial charge in [-0.25, -0.2) is 0 Å². The first-order valence-corrected chi connectivity index (χ1v) is 10.4. The number of hydrogen-bond donors (Lipinski definition) is 1. The predicted molar refractivity (Wildman–Crippen MR) is 122 cm³/mol. The van der Waals surface area contributed by atoms with Gasteiger partial charge in [-0.2, -0.15) is 0 Å². The Bertz CT molecular complexity index is 1110. The summed E-state index contributed by atoms with van der Waals surface area (Å²) in [7, 11) is 0. The molecule has 2 amide bonds. The maximum absolute atomic E-state index is 13.1. The zero-order valence-corrected chi connectivity index (χ0v) is 17.8. The number of rotatable bonds is 5. The van der Waals surface area contributed by atoms with Gasteiger partial charge in [0.1, 0.15) is 6.54 Å². The third kappa shape index (κ3) is 4.49. The van der Waals surface area contributed by atoms with Gasteiger partial charge in [0.2, 0.25) is 11.8 Å². The van der Waals surface area contributed by atoms with Gasteiger partial charge in [-0.05, 0) is 29.3 Å². The highest BCUT2D eigenvalue weighted by atomic mass is 79.9. The number of nitrogens with one attached hydrogen (secondary N) is 1. The number of nitrogens with zero attached hydrogens (tertiary/aromatic N) is 2. The van der Waals surface area contributed by atoms with E-state index in [0.717, 1.165) is 15.6 Å². The monoisotopic (exact) mass is 461 g/mol. The van der Waals surface area contributed by atoms with Gasteiger partial charge in [0.15, 0.2) is 0 Å². The first-order chi connectivity index (χ1) is 14.6. The molecule has 0 aromatic heterocycles. The molecule has 6 heteroatoms. The minimum atomic E-state index is -0.225. The molecule has 30 heavy (non-hydrogen) atoms. The second-order valence-electron chi connectivity index (χ2n) is 6.94. The van der Waals surface area contributed by atoms with Crippen LogP contribution in [0.25, 0.3) is 0 Å².